The summed E-state index contributed by atoms with van der Waals surface area (Å²) >= 11 is 0. The average Bonchev–Trinajstić information content (AvgIpc) is 2.75. The minimum atomic E-state index is -4.16. The van der Waals surface area contributed by atoms with E-state index in [0.29, 0.717) is 0 Å². The molecule has 0 fully saturated rings. The molecule has 1 heterocycles. The van der Waals surface area contributed by atoms with Gasteiger partial charge < -0.3 is 10.4 Å². The summed E-state index contributed by atoms with van der Waals surface area (Å²) in [6.45, 7) is -0.0664. The highest BCUT2D eigenvalue weighted by Crippen LogP contribution is 2.31. The third kappa shape index (κ3) is 4.14. The number of nitrogens with zero attached hydrogens (tertiary/aromatic N) is 1. The number of halogens is 2. The van der Waals surface area contributed by atoms with Crippen LogP contribution in [0.2, 0.25) is 0 Å². The summed E-state index contributed by atoms with van der Waals surface area (Å²) in [5, 5.41) is 12.3. The van der Waals surface area contributed by atoms with Gasteiger partial charge in [0.2, 0.25) is 15.9 Å². The molecule has 4 rings (SSSR count). The second kappa shape index (κ2) is 8.09. The van der Waals surface area contributed by atoms with E-state index in [1.165, 1.54) is 0 Å². The predicted molar refractivity (Wildman–Crippen MR) is 110 cm³/mol. The highest BCUT2D eigenvalue weighted by molar-refractivity contribution is 7.89. The lowest BCUT2D eigenvalue weighted by atomic mass is 9.95. The van der Waals surface area contributed by atoms with Crippen molar-refractivity contribution in [2.45, 2.75) is 23.9 Å². The Morgan fingerprint density at radius 2 is 1.61 bits per heavy atom. The second-order valence-corrected chi connectivity index (χ2v) is 9.03. The van der Waals surface area contributed by atoms with Crippen molar-refractivity contribution in [3.05, 3.63) is 89.5 Å². The lowest BCUT2D eigenvalue weighted by Crippen LogP contribution is -2.50. The summed E-state index contributed by atoms with van der Waals surface area (Å²) in [6.07, 6.45) is 0.0819. The fourth-order valence-corrected chi connectivity index (χ4v) is 5.11. The molecule has 1 aliphatic heterocycles. The summed E-state index contributed by atoms with van der Waals surface area (Å²) in [7, 11) is -4.16. The van der Waals surface area contributed by atoms with Crippen molar-refractivity contribution in [1.82, 2.24) is 4.31 Å². The smallest absolute Gasteiger partial charge is 0.244 e. The van der Waals surface area contributed by atoms with Crippen LogP contribution < -0.4 is 5.32 Å². The molecular formula is C22H18F2N2O4S. The fraction of sp³-hybridized carbons (Fsp3) is 0.136. The van der Waals surface area contributed by atoms with Crippen molar-refractivity contribution in [2.24, 2.45) is 0 Å². The Labute approximate surface area is 177 Å². The number of aromatic hydroxyl groups is 1. The van der Waals surface area contributed by atoms with Gasteiger partial charge in [0.25, 0.3) is 0 Å². The number of sulfonamides is 1. The zero-order valence-electron chi connectivity index (χ0n) is 16.1. The first-order valence-corrected chi connectivity index (χ1v) is 10.8. The molecule has 3 aromatic carbocycles. The second-order valence-electron chi connectivity index (χ2n) is 7.14. The first-order chi connectivity index (χ1) is 14.8. The summed E-state index contributed by atoms with van der Waals surface area (Å²) in [5.41, 5.74) is 1.38. The van der Waals surface area contributed by atoms with Crippen molar-refractivity contribution in [3.8, 4) is 5.75 Å². The number of carbonyl (C=O) groups excluding carboxylic acids is 1. The quantitative estimate of drug-likeness (QED) is 0.604. The normalized spacial score (nSPS) is 16.5. The van der Waals surface area contributed by atoms with Gasteiger partial charge in [0.1, 0.15) is 23.4 Å². The first kappa shape index (κ1) is 21.0. The molecule has 6 nitrogen and oxygen atoms in total. The number of phenolic OH excluding ortho intramolecular Hbond substituents is 1. The summed E-state index contributed by atoms with van der Waals surface area (Å²) < 4.78 is 54.5. The van der Waals surface area contributed by atoms with Crippen molar-refractivity contribution in [2.75, 3.05) is 5.32 Å². The molecule has 1 aliphatic rings. The van der Waals surface area contributed by atoms with Crippen LogP contribution in [0.25, 0.3) is 0 Å². The maximum Gasteiger partial charge on any atom is 0.244 e. The van der Waals surface area contributed by atoms with E-state index in [9.17, 15) is 27.1 Å². The minimum Gasteiger partial charge on any atom is -0.506 e. The highest BCUT2D eigenvalue weighted by Gasteiger charge is 2.39. The van der Waals surface area contributed by atoms with Gasteiger partial charge in [0, 0.05) is 12.6 Å². The maximum absolute atomic E-state index is 13.6. The Morgan fingerprint density at radius 3 is 2.32 bits per heavy atom. The molecule has 0 aromatic heterocycles. The number of nitrogens with one attached hydrogen (secondary N) is 1. The Balaban J connectivity index is 1.73. The van der Waals surface area contributed by atoms with Gasteiger partial charge in [-0.15, -0.1) is 0 Å². The fourth-order valence-electron chi connectivity index (χ4n) is 3.54. The van der Waals surface area contributed by atoms with Gasteiger partial charge in [-0.25, -0.2) is 17.2 Å². The number of anilines is 1. The van der Waals surface area contributed by atoms with Crippen LogP contribution in [0.3, 0.4) is 0 Å². The molecule has 0 aliphatic carbocycles. The number of phenols is 1. The van der Waals surface area contributed by atoms with Crippen LogP contribution in [0.15, 0.2) is 71.6 Å². The Bertz CT molecular complexity index is 1250. The summed E-state index contributed by atoms with van der Waals surface area (Å²) in [6, 6.07) is 13.4. The van der Waals surface area contributed by atoms with E-state index in [4.69, 9.17) is 0 Å². The number of hydrogen-bond donors (Lipinski definition) is 2. The number of fused-ring (bicyclic) bond motifs is 1. The highest BCUT2D eigenvalue weighted by atomic mass is 32.2. The van der Waals surface area contributed by atoms with Crippen LogP contribution >= 0.6 is 0 Å². The molecule has 0 saturated heterocycles. The molecule has 0 spiro atoms. The van der Waals surface area contributed by atoms with Crippen LogP contribution in [-0.2, 0) is 27.8 Å². The number of amides is 1. The zero-order chi connectivity index (χ0) is 22.2. The van der Waals surface area contributed by atoms with E-state index >= 15 is 0 Å². The van der Waals surface area contributed by atoms with Crippen molar-refractivity contribution >= 4 is 21.6 Å². The molecule has 0 bridgehead atoms. The molecular weight excluding hydrogens is 426 g/mol. The Morgan fingerprint density at radius 1 is 0.968 bits per heavy atom. The third-order valence-corrected chi connectivity index (χ3v) is 7.01. The molecule has 160 valence electrons. The molecule has 31 heavy (non-hydrogen) atoms. The van der Waals surface area contributed by atoms with Gasteiger partial charge in [-0.3, -0.25) is 4.79 Å². The van der Waals surface area contributed by atoms with E-state index < -0.39 is 33.6 Å². The zero-order valence-corrected chi connectivity index (χ0v) is 16.9. The van der Waals surface area contributed by atoms with Crippen LogP contribution in [0.4, 0.5) is 14.5 Å². The van der Waals surface area contributed by atoms with Gasteiger partial charge in [-0.1, -0.05) is 24.3 Å². The topological polar surface area (TPSA) is 86.7 Å². The lowest BCUT2D eigenvalue weighted by molar-refractivity contribution is -0.120. The number of carbonyl (C=O) groups is 1. The molecule has 3 aromatic rings. The summed E-state index contributed by atoms with van der Waals surface area (Å²) in [5.74, 6) is -2.32. The third-order valence-electron chi connectivity index (χ3n) is 5.14. The Hall–Kier alpha value is -3.30. The largest absolute Gasteiger partial charge is 0.506 e. The van der Waals surface area contributed by atoms with Gasteiger partial charge in [0.15, 0.2) is 0 Å². The van der Waals surface area contributed by atoms with Gasteiger partial charge in [-0.2, -0.15) is 4.31 Å². The molecule has 0 saturated carbocycles. The molecule has 2 N–H and O–H groups in total. The maximum atomic E-state index is 13.6. The number of benzene rings is 3. The molecule has 0 radical (unpaired) electrons. The van der Waals surface area contributed by atoms with Crippen molar-refractivity contribution in [3.63, 3.8) is 0 Å². The lowest BCUT2D eigenvalue weighted by Gasteiger charge is -2.35. The summed E-state index contributed by atoms with van der Waals surface area (Å²) in [4.78, 5) is 12.9. The minimum absolute atomic E-state index is 0.0664. The number of rotatable bonds is 4. The molecule has 1 atom stereocenters. The van der Waals surface area contributed by atoms with E-state index in [1.54, 1.807) is 24.3 Å². The standard InChI is InChI=1S/C22H18F2N2O4S/c23-16-5-8-18(9-6-16)31(29,30)26-13-15-4-2-1-3-14(15)11-20(26)22(28)25-19-12-17(24)7-10-21(19)27/h1-10,12,20,27H,11,13H2,(H,25,28)/t20-/m1/s1. The van der Waals surface area contributed by atoms with E-state index in [0.717, 1.165) is 57.9 Å². The SMILES string of the molecule is O=C(Nc1cc(F)ccc1O)[C@H]1Cc2ccccc2CN1S(=O)(=O)c1ccc(F)cc1. The van der Waals surface area contributed by atoms with Crippen LogP contribution in [0, 0.1) is 11.6 Å². The van der Waals surface area contributed by atoms with Crippen molar-refractivity contribution in [1.29, 1.82) is 0 Å². The molecule has 9 heteroatoms. The van der Waals surface area contributed by atoms with E-state index in [2.05, 4.69) is 5.32 Å². The number of hydrogen-bond acceptors (Lipinski definition) is 4. The predicted octanol–water partition coefficient (Wildman–Crippen LogP) is 3.42. The monoisotopic (exact) mass is 444 g/mol. The van der Waals surface area contributed by atoms with Crippen LogP contribution in [0.5, 0.6) is 5.75 Å². The van der Waals surface area contributed by atoms with Crippen LogP contribution in [0.1, 0.15) is 11.1 Å². The average molecular weight is 444 g/mol. The van der Waals surface area contributed by atoms with Gasteiger partial charge in [-0.05, 0) is 53.9 Å². The van der Waals surface area contributed by atoms with Crippen molar-refractivity contribution < 1.29 is 27.1 Å². The van der Waals surface area contributed by atoms with Gasteiger partial charge >= 0.3 is 0 Å². The van der Waals surface area contributed by atoms with E-state index in [1.807, 2.05) is 0 Å². The van der Waals surface area contributed by atoms with Crippen LogP contribution in [-0.4, -0.2) is 29.8 Å². The Kier molecular flexibility index (Phi) is 5.47. The molecule has 0 unspecified atom stereocenters. The van der Waals surface area contributed by atoms with Gasteiger partial charge in [0.05, 0.1) is 10.6 Å². The first-order valence-electron chi connectivity index (χ1n) is 9.39. The van der Waals surface area contributed by atoms with E-state index in [-0.39, 0.29) is 29.3 Å². The molecule has 1 amide bonds.